The van der Waals surface area contributed by atoms with E-state index in [0.717, 1.165) is 42.7 Å². The number of aromatic nitrogens is 3. The number of pyridine rings is 1. The van der Waals surface area contributed by atoms with E-state index in [4.69, 9.17) is 0 Å². The highest BCUT2D eigenvalue weighted by atomic mass is 16.2. The van der Waals surface area contributed by atoms with Gasteiger partial charge in [-0.25, -0.2) is 4.98 Å². The normalized spacial score (nSPS) is 17.5. The van der Waals surface area contributed by atoms with Crippen LogP contribution in [-0.2, 0) is 0 Å². The highest BCUT2D eigenvalue weighted by Gasteiger charge is 2.28. The van der Waals surface area contributed by atoms with E-state index in [1.807, 2.05) is 54.4 Å². The molecule has 4 rings (SSSR count). The average molecular weight is 349 g/mol. The number of likely N-dealkylation sites (tertiary alicyclic amines) is 1. The maximum atomic E-state index is 13.0. The summed E-state index contributed by atoms with van der Waals surface area (Å²) in [5.41, 5.74) is 2.66. The first kappa shape index (κ1) is 16.6. The van der Waals surface area contributed by atoms with Gasteiger partial charge in [0.2, 0.25) is 0 Å². The molecule has 0 bridgehead atoms. The molecule has 0 radical (unpaired) electrons. The van der Waals surface area contributed by atoms with E-state index >= 15 is 0 Å². The van der Waals surface area contributed by atoms with Gasteiger partial charge in [0.15, 0.2) is 5.69 Å². The molecule has 1 aromatic carbocycles. The first-order valence-corrected chi connectivity index (χ1v) is 8.99. The summed E-state index contributed by atoms with van der Waals surface area (Å²) in [6.07, 6.45) is 3.94. The number of fused-ring (bicyclic) bond motifs is 1. The molecule has 6 nitrogen and oxygen atoms in total. The zero-order valence-corrected chi connectivity index (χ0v) is 15.1. The van der Waals surface area contributed by atoms with Crippen LogP contribution in [0.2, 0.25) is 0 Å². The lowest BCUT2D eigenvalue weighted by atomic mass is 9.91. The maximum absolute atomic E-state index is 13.0. The van der Waals surface area contributed by atoms with Crippen LogP contribution in [0, 0.1) is 0 Å². The van der Waals surface area contributed by atoms with E-state index in [2.05, 4.69) is 27.3 Å². The number of aromatic amines is 1. The van der Waals surface area contributed by atoms with Crippen LogP contribution in [0.25, 0.3) is 10.9 Å². The van der Waals surface area contributed by atoms with Gasteiger partial charge in [0, 0.05) is 44.7 Å². The van der Waals surface area contributed by atoms with Gasteiger partial charge in [-0.3, -0.25) is 9.89 Å². The summed E-state index contributed by atoms with van der Waals surface area (Å²) < 4.78 is 0. The molecule has 1 N–H and O–H groups in total. The fourth-order valence-corrected chi connectivity index (χ4v) is 3.64. The fourth-order valence-electron chi connectivity index (χ4n) is 3.64. The van der Waals surface area contributed by atoms with Crippen molar-refractivity contribution >= 4 is 22.6 Å². The van der Waals surface area contributed by atoms with E-state index in [1.165, 1.54) is 5.56 Å². The van der Waals surface area contributed by atoms with Gasteiger partial charge in [-0.15, -0.1) is 0 Å². The van der Waals surface area contributed by atoms with Gasteiger partial charge < -0.3 is 9.80 Å². The van der Waals surface area contributed by atoms with Crippen LogP contribution >= 0.6 is 0 Å². The van der Waals surface area contributed by atoms with Crippen molar-refractivity contribution in [3.8, 4) is 0 Å². The number of benzene rings is 1. The van der Waals surface area contributed by atoms with Crippen LogP contribution in [0.3, 0.4) is 0 Å². The molecule has 1 aliphatic heterocycles. The number of para-hydroxylation sites is 1. The number of H-pyrrole nitrogens is 1. The van der Waals surface area contributed by atoms with E-state index in [0.29, 0.717) is 11.6 Å². The second kappa shape index (κ2) is 6.78. The van der Waals surface area contributed by atoms with Crippen LogP contribution in [0.15, 0.2) is 42.6 Å². The summed E-state index contributed by atoms with van der Waals surface area (Å²) in [5.74, 6) is 1.29. The molecule has 1 aliphatic rings. The van der Waals surface area contributed by atoms with Gasteiger partial charge >= 0.3 is 0 Å². The molecule has 6 heteroatoms. The van der Waals surface area contributed by atoms with Crippen LogP contribution in [0.1, 0.15) is 34.8 Å². The van der Waals surface area contributed by atoms with Crippen LogP contribution in [0.4, 0.5) is 5.82 Å². The van der Waals surface area contributed by atoms with Gasteiger partial charge in [-0.2, -0.15) is 5.10 Å². The van der Waals surface area contributed by atoms with E-state index < -0.39 is 0 Å². The lowest BCUT2D eigenvalue weighted by Gasteiger charge is -2.33. The van der Waals surface area contributed by atoms with Crippen molar-refractivity contribution in [1.82, 2.24) is 20.1 Å². The highest BCUT2D eigenvalue weighted by molar-refractivity contribution is 6.04. The van der Waals surface area contributed by atoms with Gasteiger partial charge in [0.1, 0.15) is 5.82 Å². The summed E-state index contributed by atoms with van der Waals surface area (Å²) in [6.45, 7) is 1.50. The molecule has 134 valence electrons. The van der Waals surface area contributed by atoms with E-state index in [-0.39, 0.29) is 5.91 Å². The molecule has 26 heavy (non-hydrogen) atoms. The largest absolute Gasteiger partial charge is 0.363 e. The average Bonchev–Trinajstić information content (AvgIpc) is 3.12. The summed E-state index contributed by atoms with van der Waals surface area (Å²) in [7, 11) is 3.98. The topological polar surface area (TPSA) is 65.1 Å². The Bertz CT molecular complexity index is 933. The Balaban J connectivity index is 1.57. The first-order valence-electron chi connectivity index (χ1n) is 8.99. The second-order valence-electron chi connectivity index (χ2n) is 7.05. The minimum absolute atomic E-state index is 0.00837. The van der Waals surface area contributed by atoms with Crippen LogP contribution < -0.4 is 4.90 Å². The Hall–Kier alpha value is -2.89. The minimum Gasteiger partial charge on any atom is -0.363 e. The number of hydrogen-bond donors (Lipinski definition) is 1. The maximum Gasteiger partial charge on any atom is 0.275 e. The Morgan fingerprint density at radius 3 is 2.96 bits per heavy atom. The van der Waals surface area contributed by atoms with Crippen LogP contribution in [0.5, 0.6) is 0 Å². The van der Waals surface area contributed by atoms with Crippen molar-refractivity contribution in [2.45, 2.75) is 18.8 Å². The van der Waals surface area contributed by atoms with Crippen molar-refractivity contribution in [2.24, 2.45) is 0 Å². The molecule has 2 aromatic heterocycles. The van der Waals surface area contributed by atoms with E-state index in [9.17, 15) is 4.79 Å². The second-order valence-corrected chi connectivity index (χ2v) is 7.05. The number of rotatable bonds is 3. The quantitative estimate of drug-likeness (QED) is 0.789. The monoisotopic (exact) mass is 349 g/mol. The molecule has 0 unspecified atom stereocenters. The van der Waals surface area contributed by atoms with Gasteiger partial charge in [-0.1, -0.05) is 18.2 Å². The summed E-state index contributed by atoms with van der Waals surface area (Å²) in [5, 5.41) is 8.12. The smallest absolute Gasteiger partial charge is 0.275 e. The van der Waals surface area contributed by atoms with Gasteiger partial charge in [0.25, 0.3) is 5.91 Å². The molecule has 0 saturated carbocycles. The number of carbonyl (C=O) groups is 1. The van der Waals surface area contributed by atoms with Crippen LogP contribution in [-0.4, -0.2) is 53.2 Å². The molecule has 3 aromatic rings. The molecule has 1 atom stereocenters. The molecular weight excluding hydrogens is 326 g/mol. The Morgan fingerprint density at radius 1 is 1.27 bits per heavy atom. The third-order valence-electron chi connectivity index (χ3n) is 5.08. The van der Waals surface area contributed by atoms with Crippen molar-refractivity contribution in [3.05, 3.63) is 53.9 Å². The Morgan fingerprint density at radius 2 is 2.12 bits per heavy atom. The first-order chi connectivity index (χ1) is 12.6. The molecular formula is C20H23N5O. The molecule has 1 fully saturated rings. The van der Waals surface area contributed by atoms with Crippen molar-refractivity contribution in [2.75, 3.05) is 32.1 Å². The SMILES string of the molecule is CN(C)c1cc([C@H]2CCCN(C(=O)c3n[nH]c4ccccc34)C2)ccn1. The number of carbonyl (C=O) groups excluding carboxylic acids is 1. The molecule has 1 amide bonds. The third kappa shape index (κ3) is 3.03. The molecule has 1 saturated heterocycles. The lowest BCUT2D eigenvalue weighted by molar-refractivity contribution is 0.0703. The predicted molar refractivity (Wildman–Crippen MR) is 103 cm³/mol. The Labute approximate surface area is 152 Å². The number of piperidine rings is 1. The predicted octanol–water partition coefficient (Wildman–Crippen LogP) is 3.04. The van der Waals surface area contributed by atoms with Gasteiger partial charge in [0.05, 0.1) is 5.52 Å². The molecule has 0 spiro atoms. The summed E-state index contributed by atoms with van der Waals surface area (Å²) in [4.78, 5) is 21.4. The number of nitrogens with zero attached hydrogens (tertiary/aromatic N) is 4. The molecule has 3 heterocycles. The third-order valence-corrected chi connectivity index (χ3v) is 5.08. The van der Waals surface area contributed by atoms with Crippen molar-refractivity contribution in [1.29, 1.82) is 0 Å². The standard InChI is InChI=1S/C20H23N5O/c1-24(2)18-12-14(9-10-21-18)15-6-5-11-25(13-15)20(26)19-16-7-3-4-8-17(16)22-23-19/h3-4,7-10,12,15H,5-6,11,13H2,1-2H3,(H,22,23)/t15-/m0/s1. The van der Waals surface area contributed by atoms with Crippen molar-refractivity contribution in [3.63, 3.8) is 0 Å². The lowest BCUT2D eigenvalue weighted by Crippen LogP contribution is -2.39. The fraction of sp³-hybridized carbons (Fsp3) is 0.350. The zero-order chi connectivity index (χ0) is 18.1. The number of hydrogen-bond acceptors (Lipinski definition) is 4. The van der Waals surface area contributed by atoms with Gasteiger partial charge in [-0.05, 0) is 36.6 Å². The minimum atomic E-state index is 0.00837. The summed E-state index contributed by atoms with van der Waals surface area (Å²) >= 11 is 0. The number of nitrogens with one attached hydrogen (secondary N) is 1. The number of amides is 1. The molecule has 0 aliphatic carbocycles. The zero-order valence-electron chi connectivity index (χ0n) is 15.1. The Kier molecular flexibility index (Phi) is 4.32. The van der Waals surface area contributed by atoms with E-state index in [1.54, 1.807) is 0 Å². The summed E-state index contributed by atoms with van der Waals surface area (Å²) in [6, 6.07) is 12.0. The number of anilines is 1. The van der Waals surface area contributed by atoms with Crippen molar-refractivity contribution < 1.29 is 4.79 Å². The highest BCUT2D eigenvalue weighted by Crippen LogP contribution is 2.29.